The molecule has 0 saturated carbocycles. The average Bonchev–Trinajstić information content (AvgIpc) is 3.12. The predicted molar refractivity (Wildman–Crippen MR) is 79.9 cm³/mol. The molecule has 1 saturated heterocycles. The van der Waals surface area contributed by atoms with Crippen molar-refractivity contribution in [2.24, 2.45) is 5.92 Å². The monoisotopic (exact) mass is 287 g/mol. The molecule has 3 rings (SSSR count). The van der Waals surface area contributed by atoms with E-state index >= 15 is 0 Å². The number of nitrogens with zero attached hydrogens (tertiary/aromatic N) is 2. The second-order valence-electron chi connectivity index (χ2n) is 5.81. The van der Waals surface area contributed by atoms with Crippen LogP contribution in [0, 0.1) is 5.92 Å². The predicted octanol–water partition coefficient (Wildman–Crippen LogP) is 2.58. The molecule has 0 aliphatic carbocycles. The fraction of sp³-hybridized carbons (Fsp3) is 0.500. The Morgan fingerprint density at radius 2 is 2.14 bits per heavy atom. The van der Waals surface area contributed by atoms with Gasteiger partial charge in [0.1, 0.15) is 0 Å². The lowest BCUT2D eigenvalue weighted by Crippen LogP contribution is -2.05. The molecule has 0 spiro atoms. The van der Waals surface area contributed by atoms with E-state index in [4.69, 9.17) is 15.0 Å². The van der Waals surface area contributed by atoms with Crippen LogP contribution in [0.25, 0.3) is 0 Å². The maximum Gasteiger partial charge on any atom is 0.227 e. The standard InChI is InChI=1S/C16H21N3O2/c1-11(13-2-4-14(17)5-3-13)8-16-18-15(19-21-16)9-12-6-7-20-10-12/h2-5,11-12H,6-10,17H2,1H3. The van der Waals surface area contributed by atoms with Crippen LogP contribution in [0.2, 0.25) is 0 Å². The third-order valence-electron chi connectivity index (χ3n) is 3.99. The highest BCUT2D eigenvalue weighted by atomic mass is 16.5. The fourth-order valence-electron chi connectivity index (χ4n) is 2.66. The van der Waals surface area contributed by atoms with Crippen LogP contribution >= 0.6 is 0 Å². The summed E-state index contributed by atoms with van der Waals surface area (Å²) in [5.74, 6) is 2.36. The number of rotatable bonds is 5. The molecular weight excluding hydrogens is 266 g/mol. The highest BCUT2D eigenvalue weighted by Gasteiger charge is 2.19. The molecule has 0 bridgehead atoms. The zero-order valence-corrected chi connectivity index (χ0v) is 12.3. The first-order valence-corrected chi connectivity index (χ1v) is 7.45. The number of aromatic nitrogens is 2. The van der Waals surface area contributed by atoms with E-state index in [0.29, 0.717) is 17.7 Å². The van der Waals surface area contributed by atoms with Gasteiger partial charge in [0.2, 0.25) is 5.89 Å². The van der Waals surface area contributed by atoms with Gasteiger partial charge in [-0.2, -0.15) is 4.98 Å². The second kappa shape index (κ2) is 6.26. The minimum atomic E-state index is 0.328. The minimum absolute atomic E-state index is 0.328. The Bertz CT molecular complexity index is 573. The average molecular weight is 287 g/mol. The fourth-order valence-corrected chi connectivity index (χ4v) is 2.66. The summed E-state index contributed by atoms with van der Waals surface area (Å²) in [7, 11) is 0. The van der Waals surface area contributed by atoms with E-state index in [0.717, 1.165) is 44.0 Å². The van der Waals surface area contributed by atoms with E-state index in [2.05, 4.69) is 17.1 Å². The van der Waals surface area contributed by atoms with Gasteiger partial charge in [-0.1, -0.05) is 24.2 Å². The molecule has 0 amide bonds. The molecule has 2 heterocycles. The Morgan fingerprint density at radius 3 is 2.86 bits per heavy atom. The summed E-state index contributed by atoms with van der Waals surface area (Å²) in [6.45, 7) is 3.81. The lowest BCUT2D eigenvalue weighted by atomic mass is 9.97. The Morgan fingerprint density at radius 1 is 1.33 bits per heavy atom. The highest BCUT2D eigenvalue weighted by Crippen LogP contribution is 2.22. The zero-order valence-electron chi connectivity index (χ0n) is 12.3. The summed E-state index contributed by atoms with van der Waals surface area (Å²) < 4.78 is 10.7. The first-order chi connectivity index (χ1) is 10.2. The summed E-state index contributed by atoms with van der Waals surface area (Å²) in [6, 6.07) is 7.94. The van der Waals surface area contributed by atoms with E-state index in [9.17, 15) is 0 Å². The van der Waals surface area contributed by atoms with Crippen LogP contribution in [0.5, 0.6) is 0 Å². The van der Waals surface area contributed by atoms with Gasteiger partial charge in [0, 0.05) is 31.7 Å². The molecule has 1 aliphatic rings. The molecule has 2 aromatic rings. The third-order valence-corrected chi connectivity index (χ3v) is 3.99. The van der Waals surface area contributed by atoms with Crippen molar-refractivity contribution in [1.29, 1.82) is 0 Å². The third kappa shape index (κ3) is 3.61. The van der Waals surface area contributed by atoms with E-state index in [1.54, 1.807) is 0 Å². The Hall–Kier alpha value is -1.88. The van der Waals surface area contributed by atoms with Crippen LogP contribution in [-0.4, -0.2) is 23.4 Å². The van der Waals surface area contributed by atoms with Crippen molar-refractivity contribution in [2.45, 2.75) is 32.1 Å². The number of nitrogens with two attached hydrogens (primary N) is 1. The van der Waals surface area contributed by atoms with Crippen LogP contribution in [0.15, 0.2) is 28.8 Å². The van der Waals surface area contributed by atoms with Crippen molar-refractivity contribution in [3.63, 3.8) is 0 Å². The first-order valence-electron chi connectivity index (χ1n) is 7.45. The molecule has 2 unspecified atom stereocenters. The number of hydrogen-bond donors (Lipinski definition) is 1. The summed E-state index contributed by atoms with van der Waals surface area (Å²) in [5, 5.41) is 4.08. The number of nitrogen functional groups attached to an aromatic ring is 1. The molecule has 112 valence electrons. The second-order valence-corrected chi connectivity index (χ2v) is 5.81. The Labute approximate surface area is 124 Å². The largest absolute Gasteiger partial charge is 0.399 e. The smallest absolute Gasteiger partial charge is 0.227 e. The van der Waals surface area contributed by atoms with Crippen LogP contribution in [0.3, 0.4) is 0 Å². The van der Waals surface area contributed by atoms with Gasteiger partial charge in [-0.15, -0.1) is 0 Å². The molecule has 5 heteroatoms. The Balaban J connectivity index is 1.59. The molecule has 21 heavy (non-hydrogen) atoms. The van der Waals surface area contributed by atoms with Crippen LogP contribution < -0.4 is 5.73 Å². The van der Waals surface area contributed by atoms with Gasteiger partial charge < -0.3 is 15.0 Å². The van der Waals surface area contributed by atoms with Crippen molar-refractivity contribution in [3.05, 3.63) is 41.5 Å². The SMILES string of the molecule is CC(Cc1nc(CC2CCOC2)no1)c1ccc(N)cc1. The van der Waals surface area contributed by atoms with Gasteiger partial charge >= 0.3 is 0 Å². The van der Waals surface area contributed by atoms with Gasteiger partial charge in [-0.25, -0.2) is 0 Å². The lowest BCUT2D eigenvalue weighted by molar-refractivity contribution is 0.185. The molecule has 1 aliphatic heterocycles. The van der Waals surface area contributed by atoms with Crippen molar-refractivity contribution in [1.82, 2.24) is 10.1 Å². The van der Waals surface area contributed by atoms with Crippen molar-refractivity contribution in [3.8, 4) is 0 Å². The molecule has 1 aromatic heterocycles. The summed E-state index contributed by atoms with van der Waals surface area (Å²) in [4.78, 5) is 4.50. The number of ether oxygens (including phenoxy) is 1. The quantitative estimate of drug-likeness (QED) is 0.855. The van der Waals surface area contributed by atoms with Gasteiger partial charge in [0.05, 0.1) is 0 Å². The van der Waals surface area contributed by atoms with Gasteiger partial charge in [0.15, 0.2) is 5.82 Å². The van der Waals surface area contributed by atoms with E-state index in [1.807, 2.05) is 24.3 Å². The summed E-state index contributed by atoms with van der Waals surface area (Å²) in [6.07, 6.45) is 2.68. The van der Waals surface area contributed by atoms with Crippen molar-refractivity contribution in [2.75, 3.05) is 18.9 Å². The minimum Gasteiger partial charge on any atom is -0.399 e. The van der Waals surface area contributed by atoms with E-state index in [1.165, 1.54) is 5.56 Å². The van der Waals surface area contributed by atoms with Crippen molar-refractivity contribution >= 4 is 5.69 Å². The molecule has 5 nitrogen and oxygen atoms in total. The normalized spacial score (nSPS) is 19.8. The Kier molecular flexibility index (Phi) is 4.20. The maximum absolute atomic E-state index is 5.71. The molecule has 2 N–H and O–H groups in total. The lowest BCUT2D eigenvalue weighted by Gasteiger charge is -2.09. The molecule has 0 radical (unpaired) electrons. The number of anilines is 1. The summed E-state index contributed by atoms with van der Waals surface area (Å²) >= 11 is 0. The van der Waals surface area contributed by atoms with E-state index in [-0.39, 0.29) is 0 Å². The maximum atomic E-state index is 5.71. The van der Waals surface area contributed by atoms with Gasteiger partial charge in [-0.3, -0.25) is 0 Å². The topological polar surface area (TPSA) is 74.2 Å². The number of benzene rings is 1. The number of hydrogen-bond acceptors (Lipinski definition) is 5. The molecular formula is C16H21N3O2. The van der Waals surface area contributed by atoms with Gasteiger partial charge in [-0.05, 0) is 36.0 Å². The van der Waals surface area contributed by atoms with Crippen molar-refractivity contribution < 1.29 is 9.26 Å². The first kappa shape index (κ1) is 14.1. The molecule has 1 fully saturated rings. The zero-order chi connectivity index (χ0) is 14.7. The highest BCUT2D eigenvalue weighted by molar-refractivity contribution is 5.40. The van der Waals surface area contributed by atoms with Gasteiger partial charge in [0.25, 0.3) is 0 Å². The van der Waals surface area contributed by atoms with E-state index < -0.39 is 0 Å². The molecule has 1 aromatic carbocycles. The molecule has 2 atom stereocenters. The van der Waals surface area contributed by atoms with Crippen LogP contribution in [0.4, 0.5) is 5.69 Å². The van der Waals surface area contributed by atoms with Crippen LogP contribution in [0.1, 0.15) is 36.5 Å². The van der Waals surface area contributed by atoms with Crippen LogP contribution in [-0.2, 0) is 17.6 Å². The summed E-state index contributed by atoms with van der Waals surface area (Å²) in [5.41, 5.74) is 7.72.